The molecular weight excluding hydrogens is 192 g/mol. The van der Waals surface area contributed by atoms with Crippen LogP contribution in [0.15, 0.2) is 42.5 Å². The van der Waals surface area contributed by atoms with Crippen LogP contribution in [0.5, 0.6) is 0 Å². The Morgan fingerprint density at radius 3 is 2.57 bits per heavy atom. The Bertz CT molecular complexity index is 308. The summed E-state index contributed by atoms with van der Waals surface area (Å²) in [6, 6.07) is 5.86. The van der Waals surface area contributed by atoms with E-state index in [0.29, 0.717) is 0 Å². The first-order valence-electron chi connectivity index (χ1n) is 4.17. The molecule has 0 atom stereocenters. The van der Waals surface area contributed by atoms with E-state index >= 15 is 0 Å². The third-order valence-electron chi connectivity index (χ3n) is 1.58. The Balaban J connectivity index is 0.000000791. The first kappa shape index (κ1) is 12.7. The van der Waals surface area contributed by atoms with Crippen molar-refractivity contribution in [3.63, 3.8) is 0 Å². The number of hydrogen-bond acceptors (Lipinski definition) is 3. The van der Waals surface area contributed by atoms with Crippen LogP contribution in [0.1, 0.15) is 5.56 Å². The van der Waals surface area contributed by atoms with Crippen molar-refractivity contribution in [1.29, 1.82) is 0 Å². The number of rotatable bonds is 2. The molecule has 0 fully saturated rings. The summed E-state index contributed by atoms with van der Waals surface area (Å²) in [6.07, 6.45) is 3.36. The van der Waals surface area contributed by atoms with Gasteiger partial charge in [0.25, 0.3) is 0 Å². The highest BCUT2D eigenvalue weighted by molar-refractivity contribution is 7.80. The Kier molecular flexibility index (Phi) is 6.41. The highest BCUT2D eigenvalue weighted by Gasteiger charge is 1.96. The third kappa shape index (κ3) is 3.58. The number of hydrogen-bond donors (Lipinski definition) is 3. The SMILES string of the molecule is C=C.CNc1ccc(S)cc1/C=C/N. The first-order valence-corrected chi connectivity index (χ1v) is 4.61. The standard InChI is InChI=1S/C9H12N2S.C2H4/c1-11-9-3-2-8(12)6-7(9)4-5-10;1-2/h2-6,11-12H,10H2,1H3;1-2H2/b5-4+;. The van der Waals surface area contributed by atoms with E-state index in [4.69, 9.17) is 5.73 Å². The average molecular weight is 208 g/mol. The summed E-state index contributed by atoms with van der Waals surface area (Å²) < 4.78 is 0. The number of benzene rings is 1. The van der Waals surface area contributed by atoms with Gasteiger partial charge in [-0.1, -0.05) is 0 Å². The van der Waals surface area contributed by atoms with Gasteiger partial charge in [-0.25, -0.2) is 0 Å². The van der Waals surface area contributed by atoms with Gasteiger partial charge in [-0.05, 0) is 30.5 Å². The van der Waals surface area contributed by atoms with Gasteiger partial charge >= 0.3 is 0 Å². The predicted octanol–water partition coefficient (Wildman–Crippen LogP) is 2.75. The third-order valence-corrected chi connectivity index (χ3v) is 1.86. The van der Waals surface area contributed by atoms with Crippen LogP contribution in [0, 0.1) is 0 Å². The summed E-state index contributed by atoms with van der Waals surface area (Å²) >= 11 is 4.23. The van der Waals surface area contributed by atoms with Gasteiger partial charge in [-0.2, -0.15) is 0 Å². The normalized spacial score (nSPS) is 9.29. The number of nitrogens with one attached hydrogen (secondary N) is 1. The maximum Gasteiger partial charge on any atom is 0.0412 e. The maximum atomic E-state index is 5.30. The summed E-state index contributed by atoms with van der Waals surface area (Å²) in [4.78, 5) is 0.933. The molecule has 0 aliphatic heterocycles. The Labute approximate surface area is 90.9 Å². The lowest BCUT2D eigenvalue weighted by Gasteiger charge is -2.05. The summed E-state index contributed by atoms with van der Waals surface area (Å²) in [6.45, 7) is 6.00. The Hall–Kier alpha value is -1.35. The molecule has 0 spiro atoms. The molecule has 3 heteroatoms. The molecule has 14 heavy (non-hydrogen) atoms. The number of thiol groups is 1. The van der Waals surface area contributed by atoms with Crippen molar-refractivity contribution in [3.8, 4) is 0 Å². The van der Waals surface area contributed by atoms with Crippen molar-refractivity contribution in [2.45, 2.75) is 4.90 Å². The van der Waals surface area contributed by atoms with E-state index < -0.39 is 0 Å². The molecule has 0 amide bonds. The lowest BCUT2D eigenvalue weighted by Crippen LogP contribution is -1.91. The zero-order valence-electron chi connectivity index (χ0n) is 8.33. The molecule has 0 saturated carbocycles. The molecule has 0 unspecified atom stereocenters. The highest BCUT2D eigenvalue weighted by atomic mass is 32.1. The Morgan fingerprint density at radius 2 is 2.07 bits per heavy atom. The van der Waals surface area contributed by atoms with E-state index in [2.05, 4.69) is 31.1 Å². The fourth-order valence-electron chi connectivity index (χ4n) is 1.02. The predicted molar refractivity (Wildman–Crippen MR) is 67.7 cm³/mol. The maximum absolute atomic E-state index is 5.30. The fraction of sp³-hybridized carbons (Fsp3) is 0.0909. The zero-order valence-corrected chi connectivity index (χ0v) is 9.22. The monoisotopic (exact) mass is 208 g/mol. The minimum absolute atomic E-state index is 0.933. The first-order chi connectivity index (χ1) is 6.77. The summed E-state index contributed by atoms with van der Waals surface area (Å²) in [7, 11) is 1.88. The van der Waals surface area contributed by atoms with Crippen molar-refractivity contribution in [2.24, 2.45) is 5.73 Å². The van der Waals surface area contributed by atoms with Crippen molar-refractivity contribution in [2.75, 3.05) is 12.4 Å². The van der Waals surface area contributed by atoms with Crippen molar-refractivity contribution >= 4 is 24.4 Å². The molecule has 0 radical (unpaired) electrons. The quantitative estimate of drug-likeness (QED) is 0.516. The average Bonchev–Trinajstić information content (AvgIpc) is 2.22. The topological polar surface area (TPSA) is 38.0 Å². The van der Waals surface area contributed by atoms with Crippen LogP contribution >= 0.6 is 12.6 Å². The molecule has 1 rings (SSSR count). The van der Waals surface area contributed by atoms with Crippen molar-refractivity contribution < 1.29 is 0 Å². The van der Waals surface area contributed by atoms with Gasteiger partial charge in [0, 0.05) is 23.2 Å². The van der Waals surface area contributed by atoms with Gasteiger partial charge in [0.2, 0.25) is 0 Å². The second-order valence-corrected chi connectivity index (χ2v) is 2.90. The van der Waals surface area contributed by atoms with Crippen LogP contribution in [-0.2, 0) is 0 Å². The van der Waals surface area contributed by atoms with E-state index in [-0.39, 0.29) is 0 Å². The minimum Gasteiger partial charge on any atom is -0.405 e. The van der Waals surface area contributed by atoms with Crippen LogP contribution in [0.2, 0.25) is 0 Å². The van der Waals surface area contributed by atoms with Gasteiger partial charge < -0.3 is 11.1 Å². The van der Waals surface area contributed by atoms with Crippen molar-refractivity contribution in [1.82, 2.24) is 0 Å². The molecule has 2 nitrogen and oxygen atoms in total. The molecule has 0 bridgehead atoms. The largest absolute Gasteiger partial charge is 0.405 e. The van der Waals surface area contributed by atoms with Crippen LogP contribution in [-0.4, -0.2) is 7.05 Å². The van der Waals surface area contributed by atoms with Crippen LogP contribution in [0.3, 0.4) is 0 Å². The smallest absolute Gasteiger partial charge is 0.0412 e. The van der Waals surface area contributed by atoms with Crippen LogP contribution in [0.4, 0.5) is 5.69 Å². The van der Waals surface area contributed by atoms with E-state index in [0.717, 1.165) is 16.1 Å². The van der Waals surface area contributed by atoms with Crippen molar-refractivity contribution in [3.05, 3.63) is 43.1 Å². The second-order valence-electron chi connectivity index (χ2n) is 2.38. The van der Waals surface area contributed by atoms with Gasteiger partial charge in [0.05, 0.1) is 0 Å². The van der Waals surface area contributed by atoms with Gasteiger partial charge in [0.1, 0.15) is 0 Å². The molecule has 0 aliphatic carbocycles. The van der Waals surface area contributed by atoms with Gasteiger partial charge in [-0.15, -0.1) is 25.8 Å². The van der Waals surface area contributed by atoms with E-state index in [1.807, 2.05) is 31.3 Å². The Morgan fingerprint density at radius 1 is 1.43 bits per heavy atom. The lowest BCUT2D eigenvalue weighted by atomic mass is 10.2. The molecule has 0 aliphatic rings. The number of anilines is 1. The molecule has 1 aromatic carbocycles. The van der Waals surface area contributed by atoms with Crippen LogP contribution < -0.4 is 11.1 Å². The molecule has 0 saturated heterocycles. The molecule has 1 aromatic rings. The summed E-state index contributed by atoms with van der Waals surface area (Å²) in [5.41, 5.74) is 7.40. The van der Waals surface area contributed by atoms with Gasteiger partial charge in [-0.3, -0.25) is 0 Å². The lowest BCUT2D eigenvalue weighted by molar-refractivity contribution is 1.41. The minimum atomic E-state index is 0.933. The van der Waals surface area contributed by atoms with Crippen LogP contribution in [0.25, 0.3) is 6.08 Å². The summed E-state index contributed by atoms with van der Waals surface area (Å²) in [5.74, 6) is 0. The zero-order chi connectivity index (χ0) is 11.0. The summed E-state index contributed by atoms with van der Waals surface area (Å²) in [5, 5.41) is 3.07. The highest BCUT2D eigenvalue weighted by Crippen LogP contribution is 2.19. The fourth-order valence-corrected chi connectivity index (χ4v) is 1.23. The molecule has 0 heterocycles. The molecular formula is C11H16N2S. The second kappa shape index (κ2) is 7.09. The van der Waals surface area contributed by atoms with Gasteiger partial charge in [0.15, 0.2) is 0 Å². The van der Waals surface area contributed by atoms with E-state index in [1.165, 1.54) is 6.20 Å². The van der Waals surface area contributed by atoms with E-state index in [9.17, 15) is 0 Å². The molecule has 76 valence electrons. The molecule has 3 N–H and O–H groups in total. The molecule has 0 aromatic heterocycles. The number of nitrogens with two attached hydrogens (primary N) is 1. The van der Waals surface area contributed by atoms with E-state index in [1.54, 1.807) is 0 Å².